The van der Waals surface area contributed by atoms with Crippen LogP contribution in [-0.2, 0) is 4.79 Å². The molecule has 0 bridgehead atoms. The lowest BCUT2D eigenvalue weighted by Crippen LogP contribution is -2.52. The molecule has 132 valence electrons. The molecule has 0 radical (unpaired) electrons. The van der Waals surface area contributed by atoms with Crippen molar-refractivity contribution in [1.82, 2.24) is 15.5 Å². The van der Waals surface area contributed by atoms with Crippen LogP contribution in [0, 0.1) is 0 Å². The van der Waals surface area contributed by atoms with Crippen molar-refractivity contribution in [2.24, 2.45) is 4.99 Å². The van der Waals surface area contributed by atoms with Crippen LogP contribution in [0.4, 0.5) is 5.00 Å². The van der Waals surface area contributed by atoms with Crippen LogP contribution in [0.1, 0.15) is 25.7 Å². The van der Waals surface area contributed by atoms with E-state index < -0.39 is 0 Å². The summed E-state index contributed by atoms with van der Waals surface area (Å²) in [4.78, 5) is 20.8. The number of guanidine groups is 1. The Kier molecular flexibility index (Phi) is 5.96. The molecular weight excluding hydrogens is 322 g/mol. The zero-order chi connectivity index (χ0) is 16.8. The summed E-state index contributed by atoms with van der Waals surface area (Å²) in [6.07, 6.45) is 3.72. The van der Waals surface area contributed by atoms with E-state index in [-0.39, 0.29) is 5.91 Å². The van der Waals surface area contributed by atoms with Crippen LogP contribution in [0.25, 0.3) is 0 Å². The largest absolute Gasteiger partial charge is 0.360 e. The molecular formula is C17H27N5OS. The van der Waals surface area contributed by atoms with Crippen molar-refractivity contribution in [2.75, 3.05) is 44.7 Å². The molecule has 7 heteroatoms. The highest BCUT2D eigenvalue weighted by molar-refractivity contribution is 7.14. The summed E-state index contributed by atoms with van der Waals surface area (Å²) in [5, 5.41) is 9.89. The van der Waals surface area contributed by atoms with Gasteiger partial charge in [0, 0.05) is 52.2 Å². The minimum Gasteiger partial charge on any atom is -0.360 e. The third-order valence-electron chi connectivity index (χ3n) is 4.42. The Labute approximate surface area is 147 Å². The SMILES string of the molecule is CN=C(NCCCC(=O)NC1CC1)N1CCN(c2cccs2)CC1. The molecule has 1 saturated carbocycles. The number of carbonyl (C=O) groups is 1. The van der Waals surface area contributed by atoms with Crippen molar-refractivity contribution in [3.8, 4) is 0 Å². The minimum atomic E-state index is 0.179. The second kappa shape index (κ2) is 8.37. The van der Waals surface area contributed by atoms with Gasteiger partial charge in [-0.1, -0.05) is 0 Å². The van der Waals surface area contributed by atoms with Crippen LogP contribution in [0.15, 0.2) is 22.5 Å². The number of thiophene rings is 1. The first-order valence-corrected chi connectivity index (χ1v) is 9.67. The molecule has 1 saturated heterocycles. The number of carbonyl (C=O) groups excluding carboxylic acids is 1. The molecule has 6 nitrogen and oxygen atoms in total. The smallest absolute Gasteiger partial charge is 0.220 e. The maximum absolute atomic E-state index is 11.7. The van der Waals surface area contributed by atoms with Gasteiger partial charge in [-0.25, -0.2) is 0 Å². The Morgan fingerprint density at radius 2 is 2.12 bits per heavy atom. The van der Waals surface area contributed by atoms with Gasteiger partial charge in [-0.15, -0.1) is 11.3 Å². The van der Waals surface area contributed by atoms with Crippen molar-refractivity contribution in [1.29, 1.82) is 0 Å². The van der Waals surface area contributed by atoms with E-state index >= 15 is 0 Å². The maximum atomic E-state index is 11.7. The summed E-state index contributed by atoms with van der Waals surface area (Å²) < 4.78 is 0. The molecule has 0 unspecified atom stereocenters. The molecule has 1 amide bonds. The van der Waals surface area contributed by atoms with Gasteiger partial charge in [-0.2, -0.15) is 0 Å². The van der Waals surface area contributed by atoms with E-state index in [2.05, 4.69) is 42.9 Å². The summed E-state index contributed by atoms with van der Waals surface area (Å²) in [7, 11) is 1.83. The summed E-state index contributed by atoms with van der Waals surface area (Å²) in [5.41, 5.74) is 0. The lowest BCUT2D eigenvalue weighted by Gasteiger charge is -2.37. The van der Waals surface area contributed by atoms with E-state index in [1.54, 1.807) is 11.3 Å². The topological polar surface area (TPSA) is 60.0 Å². The van der Waals surface area contributed by atoms with Gasteiger partial charge < -0.3 is 20.4 Å². The number of rotatable bonds is 6. The highest BCUT2D eigenvalue weighted by atomic mass is 32.1. The Morgan fingerprint density at radius 1 is 1.33 bits per heavy atom. The summed E-state index contributed by atoms with van der Waals surface area (Å²) in [6, 6.07) is 4.74. The molecule has 3 rings (SSSR count). The van der Waals surface area contributed by atoms with Gasteiger partial charge in [0.25, 0.3) is 0 Å². The highest BCUT2D eigenvalue weighted by Gasteiger charge is 2.23. The van der Waals surface area contributed by atoms with Gasteiger partial charge in [-0.3, -0.25) is 9.79 Å². The average molecular weight is 350 g/mol. The fraction of sp³-hybridized carbons (Fsp3) is 0.647. The average Bonchev–Trinajstić information content (AvgIpc) is 3.24. The van der Waals surface area contributed by atoms with Crippen LogP contribution in [0.2, 0.25) is 0 Å². The standard InChI is InChI=1S/C17H27N5OS/c1-18-17(19-8-2-4-15(23)20-14-6-7-14)22-11-9-21(10-12-22)16-5-3-13-24-16/h3,5,13-14H,2,4,6-12H2,1H3,(H,18,19)(H,20,23). The molecule has 1 aromatic heterocycles. The number of anilines is 1. The molecule has 2 heterocycles. The van der Waals surface area contributed by atoms with Gasteiger partial charge in [0.1, 0.15) is 0 Å². The van der Waals surface area contributed by atoms with E-state index in [9.17, 15) is 4.79 Å². The van der Waals surface area contributed by atoms with E-state index in [1.165, 1.54) is 5.00 Å². The lowest BCUT2D eigenvalue weighted by molar-refractivity contribution is -0.121. The van der Waals surface area contributed by atoms with E-state index in [4.69, 9.17) is 0 Å². The van der Waals surface area contributed by atoms with Gasteiger partial charge in [-0.05, 0) is 36.8 Å². The fourth-order valence-corrected chi connectivity index (χ4v) is 3.68. The number of nitrogens with one attached hydrogen (secondary N) is 2. The van der Waals surface area contributed by atoms with Crippen molar-refractivity contribution in [3.05, 3.63) is 17.5 Å². The second-order valence-corrected chi connectivity index (χ2v) is 7.27. The summed E-state index contributed by atoms with van der Waals surface area (Å²) >= 11 is 1.80. The van der Waals surface area contributed by atoms with E-state index in [0.717, 1.165) is 57.9 Å². The molecule has 24 heavy (non-hydrogen) atoms. The third-order valence-corrected chi connectivity index (χ3v) is 5.34. The lowest BCUT2D eigenvalue weighted by atomic mass is 10.3. The first-order valence-electron chi connectivity index (χ1n) is 8.79. The predicted octanol–water partition coefficient (Wildman–Crippen LogP) is 1.50. The molecule has 1 aliphatic carbocycles. The molecule has 2 aliphatic rings. The highest BCUT2D eigenvalue weighted by Crippen LogP contribution is 2.22. The molecule has 0 atom stereocenters. The van der Waals surface area contributed by atoms with E-state index in [0.29, 0.717) is 12.5 Å². The Hall–Kier alpha value is -1.76. The summed E-state index contributed by atoms with van der Waals surface area (Å²) in [5.74, 6) is 1.13. The molecule has 0 aromatic carbocycles. The molecule has 0 spiro atoms. The molecule has 2 N–H and O–H groups in total. The molecule has 2 fully saturated rings. The predicted molar refractivity (Wildman–Crippen MR) is 99.9 cm³/mol. The molecule has 1 aliphatic heterocycles. The number of nitrogens with zero attached hydrogens (tertiary/aromatic N) is 3. The Morgan fingerprint density at radius 3 is 2.75 bits per heavy atom. The number of amides is 1. The van der Waals surface area contributed by atoms with Gasteiger partial charge in [0.05, 0.1) is 5.00 Å². The van der Waals surface area contributed by atoms with Crippen LogP contribution in [0.3, 0.4) is 0 Å². The third kappa shape index (κ3) is 4.87. The zero-order valence-corrected chi connectivity index (χ0v) is 15.1. The first kappa shape index (κ1) is 17.1. The Balaban J connectivity index is 1.35. The van der Waals surface area contributed by atoms with Crippen molar-refractivity contribution in [3.63, 3.8) is 0 Å². The van der Waals surface area contributed by atoms with Crippen molar-refractivity contribution < 1.29 is 4.79 Å². The number of aliphatic imine (C=N–C) groups is 1. The van der Waals surface area contributed by atoms with Crippen LogP contribution in [0.5, 0.6) is 0 Å². The minimum absolute atomic E-state index is 0.179. The quantitative estimate of drug-likeness (QED) is 0.464. The number of hydrogen-bond donors (Lipinski definition) is 2. The fourth-order valence-electron chi connectivity index (χ4n) is 2.90. The van der Waals surface area contributed by atoms with Gasteiger partial charge >= 0.3 is 0 Å². The summed E-state index contributed by atoms with van der Waals surface area (Å²) in [6.45, 7) is 4.77. The number of piperazine rings is 1. The van der Waals surface area contributed by atoms with Crippen molar-refractivity contribution >= 4 is 28.2 Å². The van der Waals surface area contributed by atoms with Crippen molar-refractivity contribution in [2.45, 2.75) is 31.7 Å². The first-order chi connectivity index (χ1) is 11.8. The van der Waals surface area contributed by atoms with Gasteiger partial charge in [0.2, 0.25) is 5.91 Å². The molecule has 1 aromatic rings. The second-order valence-electron chi connectivity index (χ2n) is 6.34. The zero-order valence-electron chi connectivity index (χ0n) is 14.3. The van der Waals surface area contributed by atoms with Crippen LogP contribution < -0.4 is 15.5 Å². The van der Waals surface area contributed by atoms with Crippen LogP contribution in [-0.4, -0.2) is 62.6 Å². The van der Waals surface area contributed by atoms with Gasteiger partial charge in [0.15, 0.2) is 5.96 Å². The Bertz CT molecular complexity index is 547. The maximum Gasteiger partial charge on any atom is 0.220 e. The number of hydrogen-bond acceptors (Lipinski definition) is 4. The van der Waals surface area contributed by atoms with Crippen LogP contribution >= 0.6 is 11.3 Å². The normalized spacial score (nSPS) is 18.6. The monoisotopic (exact) mass is 349 g/mol. The van der Waals surface area contributed by atoms with E-state index in [1.807, 2.05) is 7.05 Å².